The van der Waals surface area contributed by atoms with Crippen molar-refractivity contribution in [3.8, 4) is 0 Å². The van der Waals surface area contributed by atoms with Crippen LogP contribution in [-0.2, 0) is 0 Å². The first-order valence-corrected chi connectivity index (χ1v) is 6.85. The van der Waals surface area contributed by atoms with E-state index in [-0.39, 0.29) is 0 Å². The number of hydrogen-bond acceptors (Lipinski definition) is 5. The summed E-state index contributed by atoms with van der Waals surface area (Å²) in [5.74, 6) is 2.82. The molecule has 19 heavy (non-hydrogen) atoms. The molecule has 1 aliphatic rings. The molecule has 1 aromatic heterocycles. The van der Waals surface area contributed by atoms with Gasteiger partial charge in [0.15, 0.2) is 5.82 Å². The monoisotopic (exact) mass is 262 g/mol. The van der Waals surface area contributed by atoms with Crippen LogP contribution in [0.1, 0.15) is 33.6 Å². The Kier molecular flexibility index (Phi) is 4.68. The molecule has 0 aromatic carbocycles. The van der Waals surface area contributed by atoms with Gasteiger partial charge in [0.1, 0.15) is 5.84 Å². The zero-order chi connectivity index (χ0) is 13.7. The second kappa shape index (κ2) is 6.47. The largest absolute Gasteiger partial charge is 0.351 e. The molecule has 1 saturated heterocycles. The van der Waals surface area contributed by atoms with Crippen LogP contribution in [0.5, 0.6) is 0 Å². The smallest absolute Gasteiger partial charge is 0.224 e. The summed E-state index contributed by atoms with van der Waals surface area (Å²) in [6.07, 6.45) is 3.77. The van der Waals surface area contributed by atoms with Crippen molar-refractivity contribution in [2.75, 3.05) is 11.9 Å². The summed E-state index contributed by atoms with van der Waals surface area (Å²) < 4.78 is 0. The molecule has 0 aliphatic carbocycles. The van der Waals surface area contributed by atoms with Gasteiger partial charge in [-0.15, -0.1) is 0 Å². The quantitative estimate of drug-likeness (QED) is 0.755. The highest BCUT2D eigenvalue weighted by molar-refractivity contribution is 5.85. The van der Waals surface area contributed by atoms with E-state index in [2.05, 4.69) is 51.9 Å². The fourth-order valence-corrected chi connectivity index (χ4v) is 1.81. The molecular formula is C13H22N6. The van der Waals surface area contributed by atoms with E-state index in [1.807, 2.05) is 6.07 Å². The molecule has 0 bridgehead atoms. The number of amidine groups is 1. The average Bonchev–Trinajstić information content (AvgIpc) is 2.91. The maximum Gasteiger partial charge on any atom is 0.224 e. The molecule has 0 saturated carbocycles. The zero-order valence-electron chi connectivity index (χ0n) is 11.8. The normalized spacial score (nSPS) is 20.1. The Labute approximate surface area is 114 Å². The number of nitrogens with one attached hydrogen (secondary N) is 3. The third-order valence-corrected chi connectivity index (χ3v) is 3.46. The Hall–Kier alpha value is -1.69. The molecule has 2 rings (SSSR count). The Morgan fingerprint density at radius 3 is 3.00 bits per heavy atom. The van der Waals surface area contributed by atoms with Gasteiger partial charge >= 0.3 is 0 Å². The van der Waals surface area contributed by atoms with Gasteiger partial charge in [0, 0.05) is 31.3 Å². The number of anilines is 1. The number of hydrazine groups is 1. The SMILES string of the molecule is CCC(C)C(C)Nc1nccc(N=C2CCNN2)n1. The molecule has 1 aliphatic heterocycles. The first-order valence-electron chi connectivity index (χ1n) is 6.85. The zero-order valence-corrected chi connectivity index (χ0v) is 11.8. The summed E-state index contributed by atoms with van der Waals surface area (Å²) >= 11 is 0. The number of hydrogen-bond donors (Lipinski definition) is 3. The molecule has 3 N–H and O–H groups in total. The van der Waals surface area contributed by atoms with E-state index in [1.165, 1.54) is 0 Å². The highest BCUT2D eigenvalue weighted by Gasteiger charge is 2.11. The molecule has 1 aromatic rings. The maximum atomic E-state index is 4.44. The molecule has 6 nitrogen and oxygen atoms in total. The van der Waals surface area contributed by atoms with Gasteiger partial charge in [-0.2, -0.15) is 4.98 Å². The number of aromatic nitrogens is 2. The Morgan fingerprint density at radius 2 is 2.32 bits per heavy atom. The summed E-state index contributed by atoms with van der Waals surface area (Å²) in [5.41, 5.74) is 6.03. The van der Waals surface area contributed by atoms with Crippen LogP contribution in [-0.4, -0.2) is 28.4 Å². The van der Waals surface area contributed by atoms with Crippen molar-refractivity contribution in [1.29, 1.82) is 0 Å². The molecule has 2 atom stereocenters. The molecule has 2 heterocycles. The Balaban J connectivity index is 2.04. The minimum atomic E-state index is 0.346. The van der Waals surface area contributed by atoms with Gasteiger partial charge < -0.3 is 10.7 Å². The topological polar surface area (TPSA) is 74.2 Å². The van der Waals surface area contributed by atoms with Gasteiger partial charge in [-0.25, -0.2) is 15.4 Å². The lowest BCUT2D eigenvalue weighted by Crippen LogP contribution is -2.26. The lowest BCUT2D eigenvalue weighted by Gasteiger charge is -2.19. The fraction of sp³-hybridized carbons (Fsp3) is 0.615. The predicted octanol–water partition coefficient (Wildman–Crippen LogP) is 1.85. The van der Waals surface area contributed by atoms with Crippen LogP contribution in [0.15, 0.2) is 17.3 Å². The van der Waals surface area contributed by atoms with Crippen molar-refractivity contribution < 1.29 is 0 Å². The van der Waals surface area contributed by atoms with Gasteiger partial charge in [0.25, 0.3) is 0 Å². The van der Waals surface area contributed by atoms with Crippen LogP contribution in [0.2, 0.25) is 0 Å². The number of aliphatic imine (C=N–C) groups is 1. The summed E-state index contributed by atoms with van der Waals surface area (Å²) in [7, 11) is 0. The highest BCUT2D eigenvalue weighted by Crippen LogP contribution is 2.14. The Bertz CT molecular complexity index is 437. The van der Waals surface area contributed by atoms with Crippen LogP contribution in [0.3, 0.4) is 0 Å². The Morgan fingerprint density at radius 1 is 1.47 bits per heavy atom. The standard InChI is InChI=1S/C13H22N6/c1-4-9(2)10(3)16-13-14-7-5-11(18-13)17-12-6-8-15-19-12/h5,7,9-10,15H,4,6,8H2,1-3H3,(H2,14,16,17,18,19). The van der Waals surface area contributed by atoms with E-state index in [9.17, 15) is 0 Å². The van der Waals surface area contributed by atoms with Gasteiger partial charge in [-0.05, 0) is 12.8 Å². The van der Waals surface area contributed by atoms with Crippen LogP contribution in [0.4, 0.5) is 11.8 Å². The van der Waals surface area contributed by atoms with Crippen molar-refractivity contribution in [3.05, 3.63) is 12.3 Å². The van der Waals surface area contributed by atoms with E-state index in [0.29, 0.717) is 23.7 Å². The van der Waals surface area contributed by atoms with Gasteiger partial charge in [-0.1, -0.05) is 20.3 Å². The fourth-order valence-electron chi connectivity index (χ4n) is 1.81. The highest BCUT2D eigenvalue weighted by atomic mass is 15.4. The second-order valence-electron chi connectivity index (χ2n) is 4.92. The summed E-state index contributed by atoms with van der Waals surface area (Å²) in [4.78, 5) is 13.1. The van der Waals surface area contributed by atoms with Crippen molar-refractivity contribution in [3.63, 3.8) is 0 Å². The van der Waals surface area contributed by atoms with E-state index in [0.717, 1.165) is 25.2 Å². The minimum absolute atomic E-state index is 0.346. The first kappa shape index (κ1) is 13.7. The third kappa shape index (κ3) is 3.89. The molecule has 2 unspecified atom stereocenters. The molecule has 6 heteroatoms. The molecule has 104 valence electrons. The molecule has 0 spiro atoms. The summed E-state index contributed by atoms with van der Waals surface area (Å²) in [5, 5.41) is 3.33. The van der Waals surface area contributed by atoms with E-state index >= 15 is 0 Å². The molecular weight excluding hydrogens is 240 g/mol. The van der Waals surface area contributed by atoms with Crippen molar-refractivity contribution in [2.45, 2.75) is 39.7 Å². The third-order valence-electron chi connectivity index (χ3n) is 3.46. The summed E-state index contributed by atoms with van der Waals surface area (Å²) in [6, 6.07) is 2.16. The minimum Gasteiger partial charge on any atom is -0.351 e. The molecule has 1 fully saturated rings. The maximum absolute atomic E-state index is 4.44. The van der Waals surface area contributed by atoms with Gasteiger partial charge in [0.05, 0.1) is 0 Å². The summed E-state index contributed by atoms with van der Waals surface area (Å²) in [6.45, 7) is 7.46. The van der Waals surface area contributed by atoms with Crippen LogP contribution in [0.25, 0.3) is 0 Å². The van der Waals surface area contributed by atoms with Crippen molar-refractivity contribution in [2.24, 2.45) is 10.9 Å². The van der Waals surface area contributed by atoms with E-state index < -0.39 is 0 Å². The average molecular weight is 262 g/mol. The van der Waals surface area contributed by atoms with Crippen molar-refractivity contribution >= 4 is 17.6 Å². The van der Waals surface area contributed by atoms with Crippen LogP contribution >= 0.6 is 0 Å². The van der Waals surface area contributed by atoms with Crippen LogP contribution in [0, 0.1) is 5.92 Å². The number of rotatable bonds is 5. The van der Waals surface area contributed by atoms with Gasteiger partial charge in [0.2, 0.25) is 5.95 Å². The predicted molar refractivity (Wildman–Crippen MR) is 77.4 cm³/mol. The second-order valence-corrected chi connectivity index (χ2v) is 4.92. The lowest BCUT2D eigenvalue weighted by atomic mass is 10.0. The van der Waals surface area contributed by atoms with Crippen LogP contribution < -0.4 is 16.2 Å². The molecule has 0 amide bonds. The molecule has 0 radical (unpaired) electrons. The first-order chi connectivity index (χ1) is 9.19. The van der Waals surface area contributed by atoms with Gasteiger partial charge in [-0.3, -0.25) is 0 Å². The van der Waals surface area contributed by atoms with E-state index in [1.54, 1.807) is 6.20 Å². The lowest BCUT2D eigenvalue weighted by molar-refractivity contribution is 0.492. The number of nitrogens with zero attached hydrogens (tertiary/aromatic N) is 3. The van der Waals surface area contributed by atoms with E-state index in [4.69, 9.17) is 0 Å². The van der Waals surface area contributed by atoms with Crippen molar-refractivity contribution in [1.82, 2.24) is 20.8 Å².